The van der Waals surface area contributed by atoms with Gasteiger partial charge in [0.1, 0.15) is 18.2 Å². The van der Waals surface area contributed by atoms with E-state index < -0.39 is 23.6 Å². The lowest BCUT2D eigenvalue weighted by atomic mass is 10.1. The van der Waals surface area contributed by atoms with Gasteiger partial charge in [0.2, 0.25) is 0 Å². The van der Waals surface area contributed by atoms with Crippen LogP contribution in [0.2, 0.25) is 0 Å². The van der Waals surface area contributed by atoms with Crippen LogP contribution in [0, 0.1) is 0 Å². The summed E-state index contributed by atoms with van der Waals surface area (Å²) < 4.78 is 10.2. The van der Waals surface area contributed by atoms with Crippen molar-refractivity contribution in [1.29, 1.82) is 0 Å². The Bertz CT molecular complexity index is 660. The van der Waals surface area contributed by atoms with Crippen molar-refractivity contribution in [2.75, 3.05) is 6.61 Å². The van der Waals surface area contributed by atoms with E-state index in [-0.39, 0.29) is 19.0 Å². The third-order valence-electron chi connectivity index (χ3n) is 3.49. The zero-order chi connectivity index (χ0) is 18.4. The molecule has 0 aliphatic carbocycles. The number of nitrogens with zero attached hydrogens (tertiary/aromatic N) is 1. The van der Waals surface area contributed by atoms with E-state index in [1.54, 1.807) is 26.8 Å². The van der Waals surface area contributed by atoms with Gasteiger partial charge in [-0.3, -0.25) is 9.59 Å². The Morgan fingerprint density at radius 3 is 2.60 bits per heavy atom. The van der Waals surface area contributed by atoms with Crippen LogP contribution in [0.15, 0.2) is 42.5 Å². The SMILES string of the molecule is CC(C)(C)OC(=O)CC/C=C\C(=O)N1C(=O)OC[C@H]1c1ccccc1. The van der Waals surface area contributed by atoms with Crippen LogP contribution >= 0.6 is 0 Å². The highest BCUT2D eigenvalue weighted by molar-refractivity contribution is 6.00. The predicted molar refractivity (Wildman–Crippen MR) is 91.6 cm³/mol. The van der Waals surface area contributed by atoms with Crippen molar-refractivity contribution in [3.63, 3.8) is 0 Å². The predicted octanol–water partition coefficient (Wildman–Crippen LogP) is 3.38. The second-order valence-electron chi connectivity index (χ2n) is 6.74. The third-order valence-corrected chi connectivity index (χ3v) is 3.49. The molecule has 1 atom stereocenters. The molecule has 0 bridgehead atoms. The number of benzene rings is 1. The normalized spacial score (nSPS) is 17.6. The molecule has 1 heterocycles. The molecule has 1 fully saturated rings. The molecule has 6 heteroatoms. The number of rotatable bonds is 5. The van der Waals surface area contributed by atoms with Gasteiger partial charge < -0.3 is 9.47 Å². The van der Waals surface area contributed by atoms with Crippen LogP contribution in [0.25, 0.3) is 0 Å². The van der Waals surface area contributed by atoms with Gasteiger partial charge in [0.05, 0.1) is 0 Å². The molecule has 2 amide bonds. The van der Waals surface area contributed by atoms with Crippen LogP contribution in [0.5, 0.6) is 0 Å². The van der Waals surface area contributed by atoms with Crippen LogP contribution in [0.3, 0.4) is 0 Å². The van der Waals surface area contributed by atoms with Crippen molar-refractivity contribution < 1.29 is 23.9 Å². The summed E-state index contributed by atoms with van der Waals surface area (Å²) in [5, 5.41) is 0. The Hall–Kier alpha value is -2.63. The Kier molecular flexibility index (Phi) is 5.96. The van der Waals surface area contributed by atoms with Crippen molar-refractivity contribution in [2.24, 2.45) is 0 Å². The quantitative estimate of drug-likeness (QED) is 0.604. The highest BCUT2D eigenvalue weighted by Gasteiger charge is 2.37. The van der Waals surface area contributed by atoms with Crippen molar-refractivity contribution >= 4 is 18.0 Å². The zero-order valence-electron chi connectivity index (χ0n) is 14.7. The average Bonchev–Trinajstić information content (AvgIpc) is 2.92. The van der Waals surface area contributed by atoms with Crippen molar-refractivity contribution in [2.45, 2.75) is 45.3 Å². The molecule has 1 aliphatic rings. The molecule has 1 saturated heterocycles. The lowest BCUT2D eigenvalue weighted by Gasteiger charge is -2.19. The van der Waals surface area contributed by atoms with Gasteiger partial charge in [-0.25, -0.2) is 9.69 Å². The minimum Gasteiger partial charge on any atom is -0.460 e. The van der Waals surface area contributed by atoms with Gasteiger partial charge in [0, 0.05) is 6.42 Å². The maximum atomic E-state index is 12.3. The van der Waals surface area contributed by atoms with Gasteiger partial charge in [0.25, 0.3) is 5.91 Å². The second-order valence-corrected chi connectivity index (χ2v) is 6.74. The van der Waals surface area contributed by atoms with Gasteiger partial charge in [-0.2, -0.15) is 0 Å². The minimum atomic E-state index is -0.657. The monoisotopic (exact) mass is 345 g/mol. The van der Waals surface area contributed by atoms with Crippen molar-refractivity contribution in [3.8, 4) is 0 Å². The van der Waals surface area contributed by atoms with Gasteiger partial charge in [0.15, 0.2) is 0 Å². The Labute approximate surface area is 147 Å². The van der Waals surface area contributed by atoms with E-state index >= 15 is 0 Å². The van der Waals surface area contributed by atoms with E-state index in [1.807, 2.05) is 30.3 Å². The van der Waals surface area contributed by atoms with Crippen molar-refractivity contribution in [3.05, 3.63) is 48.0 Å². The Morgan fingerprint density at radius 1 is 1.28 bits per heavy atom. The van der Waals surface area contributed by atoms with E-state index in [0.29, 0.717) is 6.42 Å². The summed E-state index contributed by atoms with van der Waals surface area (Å²) in [7, 11) is 0. The first-order chi connectivity index (χ1) is 11.8. The first-order valence-corrected chi connectivity index (χ1v) is 8.21. The van der Waals surface area contributed by atoms with Gasteiger partial charge in [-0.05, 0) is 38.8 Å². The number of allylic oxidation sites excluding steroid dienone is 1. The van der Waals surface area contributed by atoms with Crippen LogP contribution in [0.4, 0.5) is 4.79 Å². The first kappa shape index (κ1) is 18.7. The summed E-state index contributed by atoms with van der Waals surface area (Å²) in [5.41, 5.74) is 0.308. The van der Waals surface area contributed by atoms with Crippen LogP contribution in [-0.2, 0) is 19.1 Å². The van der Waals surface area contributed by atoms with Gasteiger partial charge in [-0.15, -0.1) is 0 Å². The fourth-order valence-electron chi connectivity index (χ4n) is 2.44. The van der Waals surface area contributed by atoms with Crippen LogP contribution in [0.1, 0.15) is 45.2 Å². The molecular formula is C19H23NO5. The molecule has 0 spiro atoms. The number of hydrogen-bond donors (Lipinski definition) is 0. The summed E-state index contributed by atoms with van der Waals surface area (Å²) in [6, 6.07) is 8.81. The molecule has 1 aromatic carbocycles. The lowest BCUT2D eigenvalue weighted by molar-refractivity contribution is -0.154. The summed E-state index contributed by atoms with van der Waals surface area (Å²) in [4.78, 5) is 36.9. The van der Waals surface area contributed by atoms with Gasteiger partial charge in [-0.1, -0.05) is 36.4 Å². The van der Waals surface area contributed by atoms with Gasteiger partial charge >= 0.3 is 12.1 Å². The topological polar surface area (TPSA) is 72.9 Å². The molecule has 0 unspecified atom stereocenters. The molecule has 25 heavy (non-hydrogen) atoms. The molecule has 0 saturated carbocycles. The summed E-state index contributed by atoms with van der Waals surface area (Å²) in [6.45, 7) is 5.53. The molecule has 1 aromatic rings. The minimum absolute atomic E-state index is 0.139. The molecule has 0 aromatic heterocycles. The molecule has 2 rings (SSSR count). The number of amides is 2. The second kappa shape index (κ2) is 7.96. The van der Waals surface area contributed by atoms with E-state index in [2.05, 4.69) is 0 Å². The molecule has 0 N–H and O–H groups in total. The molecule has 134 valence electrons. The number of ether oxygens (including phenoxy) is 2. The molecule has 1 aliphatic heterocycles. The fraction of sp³-hybridized carbons (Fsp3) is 0.421. The Balaban J connectivity index is 1.92. The Morgan fingerprint density at radius 2 is 1.96 bits per heavy atom. The summed E-state index contributed by atoms with van der Waals surface area (Å²) >= 11 is 0. The highest BCUT2D eigenvalue weighted by atomic mass is 16.6. The number of carbonyl (C=O) groups excluding carboxylic acids is 3. The third kappa shape index (κ3) is 5.45. The largest absolute Gasteiger partial charge is 0.460 e. The standard InChI is InChI=1S/C19H23NO5/c1-19(2,3)25-17(22)12-8-7-11-16(21)20-15(13-24-18(20)23)14-9-5-4-6-10-14/h4-7,9-11,15H,8,12-13H2,1-3H3/b11-7-/t15-/m0/s1. The number of cyclic esters (lactones) is 1. The van der Waals surface area contributed by atoms with E-state index in [1.165, 1.54) is 6.08 Å². The van der Waals surface area contributed by atoms with E-state index in [4.69, 9.17) is 9.47 Å². The lowest BCUT2D eigenvalue weighted by Crippen LogP contribution is -2.32. The smallest absolute Gasteiger partial charge is 0.417 e. The zero-order valence-corrected chi connectivity index (χ0v) is 14.7. The maximum absolute atomic E-state index is 12.3. The average molecular weight is 345 g/mol. The summed E-state index contributed by atoms with van der Waals surface area (Å²) in [6.07, 6.45) is 2.75. The number of esters is 1. The van der Waals surface area contributed by atoms with E-state index in [0.717, 1.165) is 10.5 Å². The number of carbonyl (C=O) groups is 3. The van der Waals surface area contributed by atoms with E-state index in [9.17, 15) is 14.4 Å². The molecule has 6 nitrogen and oxygen atoms in total. The highest BCUT2D eigenvalue weighted by Crippen LogP contribution is 2.27. The maximum Gasteiger partial charge on any atom is 0.417 e. The fourth-order valence-corrected chi connectivity index (χ4v) is 2.44. The first-order valence-electron chi connectivity index (χ1n) is 8.21. The number of imide groups is 1. The van der Waals surface area contributed by atoms with Crippen LogP contribution < -0.4 is 0 Å². The number of hydrogen-bond acceptors (Lipinski definition) is 5. The summed E-state index contributed by atoms with van der Waals surface area (Å²) in [5.74, 6) is -0.784. The van der Waals surface area contributed by atoms with Crippen LogP contribution in [-0.4, -0.2) is 35.1 Å². The molecule has 0 radical (unpaired) electrons. The van der Waals surface area contributed by atoms with Crippen molar-refractivity contribution in [1.82, 2.24) is 4.90 Å². The molecular weight excluding hydrogens is 322 g/mol.